The molecule has 0 unspecified atom stereocenters. The molecule has 0 radical (unpaired) electrons. The molecule has 19 heteroatoms. The predicted molar refractivity (Wildman–Crippen MR) is 284 cm³/mol. The topological polar surface area (TPSA) is 212 Å². The number of amides is 4. The average Bonchev–Trinajstić information content (AvgIpc) is 4.12. The van der Waals surface area contributed by atoms with Crippen LogP contribution in [0, 0.1) is 12.3 Å². The number of carbonyl (C=O) groups is 4. The number of anilines is 3. The fraction of sp³-hybridized carbons (Fsp3) is 0.426. The van der Waals surface area contributed by atoms with Gasteiger partial charge in [-0.25, -0.2) is 17.9 Å². The van der Waals surface area contributed by atoms with E-state index in [2.05, 4.69) is 35.9 Å². The van der Waals surface area contributed by atoms with E-state index in [0.717, 1.165) is 83.1 Å². The fourth-order valence-corrected chi connectivity index (χ4v) is 10.9. The molecule has 2 aliphatic heterocycles. The third-order valence-electron chi connectivity index (χ3n) is 13.6. The molecule has 3 aromatic carbocycles. The Morgan fingerprint density at radius 2 is 1.51 bits per heavy atom. The lowest BCUT2D eigenvalue weighted by Gasteiger charge is -2.36. The second-order valence-corrected chi connectivity index (χ2v) is 23.0. The van der Waals surface area contributed by atoms with E-state index in [0.29, 0.717) is 37.5 Å². The summed E-state index contributed by atoms with van der Waals surface area (Å²) in [5.74, 6) is -0.378. The number of aryl methyl sites for hydroxylation is 1. The highest BCUT2D eigenvalue weighted by Crippen LogP contribution is 2.30. The molecule has 4 N–H and O–H groups in total. The number of fused-ring (bicyclic) bond motifs is 1. The Labute approximate surface area is 431 Å². The number of aliphatic hydroxyl groups excluding tert-OH is 1. The highest BCUT2D eigenvalue weighted by atomic mass is 32.2. The van der Waals surface area contributed by atoms with Gasteiger partial charge in [0, 0.05) is 81.7 Å². The number of aliphatic hydroxyl groups is 1. The number of carbonyl (C=O) groups excluding carboxylic acids is 4. The number of pyridine rings is 1. The normalized spacial score (nSPS) is 16.7. The van der Waals surface area contributed by atoms with E-state index in [4.69, 9.17) is 0 Å². The Morgan fingerprint density at radius 3 is 2.16 bits per heavy atom. The number of nitrogens with zero attached hydrogens (tertiary/aromatic N) is 7. The Morgan fingerprint density at radius 1 is 0.836 bits per heavy atom. The van der Waals surface area contributed by atoms with Gasteiger partial charge >= 0.3 is 0 Å². The third-order valence-corrected chi connectivity index (χ3v) is 15.7. The summed E-state index contributed by atoms with van der Waals surface area (Å²) in [6, 6.07) is 26.6. The summed E-state index contributed by atoms with van der Waals surface area (Å²) in [5, 5.41) is 24.5. The number of rotatable bonds is 19. The van der Waals surface area contributed by atoms with Gasteiger partial charge in [-0.1, -0.05) is 82.5 Å². The molecule has 3 aromatic heterocycles. The maximum atomic E-state index is 14.0. The SMILES string of the molecule is Cc1ncsc1-c1ccc(CNC(=O)[C@@H]2C[C@@H](O)CN2C(=O)[C@@H](NC(=O)CCCCCCCC(=O)N2CCN(c3ccc(Nc4nc5cccc(-c6ccc(S(C)(=O)=O)cc6)n5n4)cc3)CC2)C(C)(C)C)cc1. The second kappa shape index (κ2) is 23.0. The Hall–Kier alpha value is -6.70. The first-order valence-corrected chi connectivity index (χ1v) is 27.8. The molecular weight excluding hydrogens is 965 g/mol. The summed E-state index contributed by atoms with van der Waals surface area (Å²) in [4.78, 5) is 69.9. The van der Waals surface area contributed by atoms with Gasteiger partial charge in [-0.2, -0.15) is 4.98 Å². The van der Waals surface area contributed by atoms with Crippen molar-refractivity contribution in [1.82, 2.24) is 40.0 Å². The van der Waals surface area contributed by atoms with E-state index in [1.807, 2.05) is 105 Å². The van der Waals surface area contributed by atoms with Crippen LogP contribution in [0.15, 0.2) is 101 Å². The number of piperazine rings is 1. The summed E-state index contributed by atoms with van der Waals surface area (Å²) in [5.41, 5.74) is 8.23. The van der Waals surface area contributed by atoms with Crippen molar-refractivity contribution in [2.45, 2.75) is 109 Å². The molecule has 2 aliphatic rings. The monoisotopic (exact) mass is 1030 g/mol. The maximum Gasteiger partial charge on any atom is 0.247 e. The van der Waals surface area contributed by atoms with Crippen molar-refractivity contribution in [3.8, 4) is 21.7 Å². The number of nitrogens with one attached hydrogen (secondary N) is 3. The first kappa shape index (κ1) is 52.6. The number of β-amino-alcohol motifs (C(OH)–C–C–N with tert-alkyl or cyclic N) is 1. The van der Waals surface area contributed by atoms with Crippen LogP contribution in [-0.2, 0) is 35.6 Å². The van der Waals surface area contributed by atoms with Crippen molar-refractivity contribution < 1.29 is 32.7 Å². The zero-order valence-corrected chi connectivity index (χ0v) is 43.8. The van der Waals surface area contributed by atoms with Crippen molar-refractivity contribution in [3.63, 3.8) is 0 Å². The van der Waals surface area contributed by atoms with E-state index in [1.165, 1.54) is 11.2 Å². The minimum Gasteiger partial charge on any atom is -0.391 e. The molecule has 386 valence electrons. The highest BCUT2D eigenvalue weighted by molar-refractivity contribution is 7.90. The molecular formula is C54H66N10O7S2. The van der Waals surface area contributed by atoms with Crippen molar-refractivity contribution in [1.29, 1.82) is 0 Å². The van der Waals surface area contributed by atoms with E-state index in [1.54, 1.807) is 40.1 Å². The van der Waals surface area contributed by atoms with Gasteiger partial charge in [-0.3, -0.25) is 19.2 Å². The molecule has 0 spiro atoms. The molecule has 8 rings (SSSR count). The highest BCUT2D eigenvalue weighted by Gasteiger charge is 2.44. The van der Waals surface area contributed by atoms with Gasteiger partial charge in [0.2, 0.25) is 29.6 Å². The van der Waals surface area contributed by atoms with Crippen LogP contribution >= 0.6 is 11.3 Å². The van der Waals surface area contributed by atoms with Crippen LogP contribution in [0.5, 0.6) is 0 Å². The van der Waals surface area contributed by atoms with Crippen LogP contribution in [0.1, 0.15) is 83.4 Å². The zero-order valence-electron chi connectivity index (χ0n) is 42.2. The largest absolute Gasteiger partial charge is 0.391 e. The fourth-order valence-electron chi connectivity index (χ4n) is 9.41. The maximum absolute atomic E-state index is 14.0. The van der Waals surface area contributed by atoms with Crippen molar-refractivity contribution in [3.05, 3.63) is 108 Å². The number of unbranched alkanes of at least 4 members (excludes halogenated alkanes) is 4. The van der Waals surface area contributed by atoms with Crippen LogP contribution in [0.2, 0.25) is 0 Å². The van der Waals surface area contributed by atoms with Gasteiger partial charge in [0.1, 0.15) is 12.1 Å². The number of aromatic nitrogens is 4. The smallest absolute Gasteiger partial charge is 0.247 e. The van der Waals surface area contributed by atoms with E-state index in [9.17, 15) is 32.7 Å². The van der Waals surface area contributed by atoms with Gasteiger partial charge in [0.25, 0.3) is 0 Å². The first-order chi connectivity index (χ1) is 34.9. The number of benzene rings is 3. The minimum absolute atomic E-state index is 0.0142. The average molecular weight is 1030 g/mol. The summed E-state index contributed by atoms with van der Waals surface area (Å²) >= 11 is 1.58. The van der Waals surface area contributed by atoms with Crippen LogP contribution < -0.4 is 20.9 Å². The lowest BCUT2D eigenvalue weighted by atomic mass is 9.85. The lowest BCUT2D eigenvalue weighted by molar-refractivity contribution is -0.144. The molecule has 6 aromatic rings. The van der Waals surface area contributed by atoms with Crippen LogP contribution in [0.25, 0.3) is 27.3 Å². The van der Waals surface area contributed by atoms with Gasteiger partial charge in [0.15, 0.2) is 15.5 Å². The second-order valence-electron chi connectivity index (χ2n) is 20.2. The van der Waals surface area contributed by atoms with Crippen LogP contribution in [-0.4, -0.2) is 124 Å². The van der Waals surface area contributed by atoms with E-state index < -0.39 is 33.4 Å². The first-order valence-electron chi connectivity index (χ1n) is 25.0. The molecule has 17 nitrogen and oxygen atoms in total. The molecule has 0 aliphatic carbocycles. The van der Waals surface area contributed by atoms with Gasteiger partial charge in [0.05, 0.1) is 32.8 Å². The summed E-state index contributed by atoms with van der Waals surface area (Å²) in [7, 11) is -3.31. The standard InChI is InChI=1S/C54H66N10O7S2/c1-36-49(72-35-56-36)39-18-16-37(17-19-39)33-55-51(68)45-32-42(65)34-63(45)52(69)50(54(2,3)4)59-47(66)14-9-7-6-8-10-15-48(67)62-30-28-61(29-31-62)41-24-22-40(23-25-41)57-53-58-46-13-11-12-44(64(46)60-53)38-20-26-43(27-21-38)73(5,70)71/h11-13,16-27,35,42,45,50,65H,6-10,14-15,28-34H2,1-5H3,(H,55,68)(H,57,60)(H,59,66)/t42-,45+,50-/m1/s1. The lowest BCUT2D eigenvalue weighted by Crippen LogP contribution is -2.57. The number of hydrogen-bond donors (Lipinski definition) is 4. The number of hydrogen-bond acceptors (Lipinski definition) is 13. The van der Waals surface area contributed by atoms with Gasteiger partial charge < -0.3 is 35.8 Å². The quantitative estimate of drug-likeness (QED) is 0.0596. The summed E-state index contributed by atoms with van der Waals surface area (Å²) in [6.45, 7) is 10.6. The Bertz CT molecular complexity index is 3000. The molecule has 4 amide bonds. The van der Waals surface area contributed by atoms with Gasteiger partial charge in [-0.05, 0) is 84.8 Å². The number of thiazole rings is 1. The molecule has 5 heterocycles. The van der Waals surface area contributed by atoms with Gasteiger partial charge in [-0.15, -0.1) is 16.4 Å². The van der Waals surface area contributed by atoms with Crippen LogP contribution in [0.3, 0.4) is 0 Å². The summed E-state index contributed by atoms with van der Waals surface area (Å²) in [6.07, 6.45) is 5.19. The molecule has 3 atom stereocenters. The number of likely N-dealkylation sites (tertiary alicyclic amines) is 1. The van der Waals surface area contributed by atoms with E-state index in [-0.39, 0.29) is 54.5 Å². The van der Waals surface area contributed by atoms with Crippen LogP contribution in [0.4, 0.5) is 17.3 Å². The molecule has 73 heavy (non-hydrogen) atoms. The van der Waals surface area contributed by atoms with Crippen molar-refractivity contribution in [2.75, 3.05) is 49.2 Å². The molecule has 0 saturated carbocycles. The summed E-state index contributed by atoms with van der Waals surface area (Å²) < 4.78 is 25.6. The van der Waals surface area contributed by atoms with E-state index >= 15 is 0 Å². The Kier molecular flexibility index (Phi) is 16.6. The third kappa shape index (κ3) is 13.3. The minimum atomic E-state index is -3.31. The zero-order chi connectivity index (χ0) is 51.9. The van der Waals surface area contributed by atoms with Crippen molar-refractivity contribution in [2.24, 2.45) is 5.41 Å². The van der Waals surface area contributed by atoms with Crippen molar-refractivity contribution >= 4 is 67.8 Å². The number of sulfone groups is 1. The molecule has 2 saturated heterocycles. The molecule has 2 fully saturated rings. The predicted octanol–water partition coefficient (Wildman–Crippen LogP) is 7.16. The Balaban J connectivity index is 0.717. The molecule has 0 bridgehead atoms.